The molecule has 1 N–H and O–H groups in total. The Bertz CT molecular complexity index is 620. The molecule has 0 unspecified atom stereocenters. The highest BCUT2D eigenvalue weighted by atomic mass is 19.1. The molecule has 0 bridgehead atoms. The molecule has 104 valence electrons. The normalized spacial score (nSPS) is 15.4. The van der Waals surface area contributed by atoms with Gasteiger partial charge in [0.25, 0.3) is 0 Å². The Morgan fingerprint density at radius 1 is 1.30 bits per heavy atom. The Hall–Kier alpha value is -2.24. The van der Waals surface area contributed by atoms with E-state index in [4.69, 9.17) is 4.42 Å². The molecule has 0 radical (unpaired) electrons. The van der Waals surface area contributed by atoms with Crippen molar-refractivity contribution >= 4 is 11.9 Å². The molecular formula is C14H14FN3O2. The van der Waals surface area contributed by atoms with E-state index >= 15 is 0 Å². The number of anilines is 1. The fourth-order valence-corrected chi connectivity index (χ4v) is 2.41. The van der Waals surface area contributed by atoms with Crippen molar-refractivity contribution in [1.29, 1.82) is 0 Å². The number of hydrogen-bond acceptors (Lipinski definition) is 4. The lowest BCUT2D eigenvalue weighted by Crippen LogP contribution is -2.20. The molecule has 5 nitrogen and oxygen atoms in total. The highest BCUT2D eigenvalue weighted by Crippen LogP contribution is 2.26. The van der Waals surface area contributed by atoms with Gasteiger partial charge in [0.1, 0.15) is 5.82 Å². The van der Waals surface area contributed by atoms with E-state index in [1.165, 1.54) is 12.1 Å². The van der Waals surface area contributed by atoms with Crippen LogP contribution in [0.1, 0.15) is 25.7 Å². The fraction of sp³-hybridized carbons (Fsp3) is 0.357. The van der Waals surface area contributed by atoms with Crippen LogP contribution in [0.5, 0.6) is 0 Å². The lowest BCUT2D eigenvalue weighted by molar-refractivity contribution is -0.119. The van der Waals surface area contributed by atoms with E-state index in [0.717, 1.165) is 25.7 Å². The smallest absolute Gasteiger partial charge is 0.322 e. The fourth-order valence-electron chi connectivity index (χ4n) is 2.41. The van der Waals surface area contributed by atoms with Crippen LogP contribution in [-0.2, 0) is 4.79 Å². The van der Waals surface area contributed by atoms with Crippen LogP contribution in [-0.4, -0.2) is 16.1 Å². The summed E-state index contributed by atoms with van der Waals surface area (Å²) < 4.78 is 18.4. The summed E-state index contributed by atoms with van der Waals surface area (Å²) in [5, 5.41) is 10.2. The topological polar surface area (TPSA) is 68.0 Å². The number of nitrogens with zero attached hydrogens (tertiary/aromatic N) is 2. The van der Waals surface area contributed by atoms with Gasteiger partial charge in [0, 0.05) is 11.5 Å². The van der Waals surface area contributed by atoms with E-state index in [1.807, 2.05) is 0 Å². The highest BCUT2D eigenvalue weighted by molar-refractivity contribution is 5.90. The summed E-state index contributed by atoms with van der Waals surface area (Å²) in [4.78, 5) is 11.9. The van der Waals surface area contributed by atoms with Crippen molar-refractivity contribution in [3.63, 3.8) is 0 Å². The van der Waals surface area contributed by atoms with Gasteiger partial charge < -0.3 is 4.42 Å². The van der Waals surface area contributed by atoms with E-state index in [2.05, 4.69) is 15.5 Å². The minimum absolute atomic E-state index is 0.0273. The molecule has 0 spiro atoms. The van der Waals surface area contributed by atoms with Gasteiger partial charge in [0.15, 0.2) is 0 Å². The monoisotopic (exact) mass is 275 g/mol. The molecule has 1 amide bonds. The Kier molecular flexibility index (Phi) is 3.45. The predicted octanol–water partition coefficient (Wildman–Crippen LogP) is 3.00. The van der Waals surface area contributed by atoms with Crippen LogP contribution in [0, 0.1) is 11.7 Å². The molecule has 1 aliphatic carbocycles. The Morgan fingerprint density at radius 2 is 2.10 bits per heavy atom. The van der Waals surface area contributed by atoms with Gasteiger partial charge in [-0.3, -0.25) is 10.1 Å². The van der Waals surface area contributed by atoms with Crippen LogP contribution >= 0.6 is 0 Å². The number of amides is 1. The average Bonchev–Trinajstić information content (AvgIpc) is 3.10. The lowest BCUT2D eigenvalue weighted by Gasteiger charge is -2.06. The molecule has 0 aliphatic heterocycles. The molecule has 1 saturated carbocycles. The number of hydrogen-bond donors (Lipinski definition) is 1. The summed E-state index contributed by atoms with van der Waals surface area (Å²) in [6.07, 6.45) is 3.96. The minimum Gasteiger partial charge on any atom is -0.403 e. The number of rotatable bonds is 3. The van der Waals surface area contributed by atoms with Crippen molar-refractivity contribution in [3.8, 4) is 11.5 Å². The first kappa shape index (κ1) is 12.8. The van der Waals surface area contributed by atoms with Gasteiger partial charge in [-0.1, -0.05) is 24.0 Å². The maximum Gasteiger partial charge on any atom is 0.322 e. The molecule has 1 heterocycles. The molecule has 3 rings (SSSR count). The van der Waals surface area contributed by atoms with Gasteiger partial charge in [-0.15, -0.1) is 5.10 Å². The SMILES string of the molecule is O=C(Nc1nnc(-c2cccc(F)c2)o1)C1CCCC1. The third-order valence-corrected chi connectivity index (χ3v) is 3.45. The molecule has 1 aliphatic rings. The first-order valence-electron chi connectivity index (χ1n) is 6.63. The summed E-state index contributed by atoms with van der Waals surface area (Å²) in [6.45, 7) is 0. The van der Waals surface area contributed by atoms with Crippen molar-refractivity contribution < 1.29 is 13.6 Å². The van der Waals surface area contributed by atoms with Crippen molar-refractivity contribution in [2.24, 2.45) is 5.92 Å². The van der Waals surface area contributed by atoms with Gasteiger partial charge in [-0.05, 0) is 31.0 Å². The highest BCUT2D eigenvalue weighted by Gasteiger charge is 2.24. The first-order chi connectivity index (χ1) is 9.72. The summed E-state index contributed by atoms with van der Waals surface area (Å²) in [5.74, 6) is -0.250. The largest absolute Gasteiger partial charge is 0.403 e. The maximum absolute atomic E-state index is 13.1. The number of carbonyl (C=O) groups is 1. The predicted molar refractivity (Wildman–Crippen MR) is 70.3 cm³/mol. The van der Waals surface area contributed by atoms with E-state index in [9.17, 15) is 9.18 Å². The second kappa shape index (κ2) is 5.40. The zero-order valence-corrected chi connectivity index (χ0v) is 10.8. The van der Waals surface area contributed by atoms with Crippen molar-refractivity contribution in [3.05, 3.63) is 30.1 Å². The standard InChI is InChI=1S/C14H14FN3O2/c15-11-7-3-6-10(8-11)13-17-18-14(20-13)16-12(19)9-4-1-2-5-9/h3,6-9H,1-2,4-5H2,(H,16,18,19). The molecule has 1 fully saturated rings. The lowest BCUT2D eigenvalue weighted by atomic mass is 10.1. The van der Waals surface area contributed by atoms with Gasteiger partial charge in [0.05, 0.1) is 0 Å². The third kappa shape index (κ3) is 2.68. The second-order valence-electron chi connectivity index (χ2n) is 4.89. The quantitative estimate of drug-likeness (QED) is 0.935. The van der Waals surface area contributed by atoms with Crippen LogP contribution in [0.4, 0.5) is 10.4 Å². The maximum atomic E-state index is 13.1. The number of nitrogens with one attached hydrogen (secondary N) is 1. The van der Waals surface area contributed by atoms with Gasteiger partial charge >= 0.3 is 6.01 Å². The van der Waals surface area contributed by atoms with Crippen LogP contribution < -0.4 is 5.32 Å². The molecule has 20 heavy (non-hydrogen) atoms. The minimum atomic E-state index is -0.378. The molecule has 1 aromatic heterocycles. The van der Waals surface area contributed by atoms with E-state index in [-0.39, 0.29) is 29.5 Å². The zero-order valence-electron chi connectivity index (χ0n) is 10.8. The Morgan fingerprint density at radius 3 is 2.85 bits per heavy atom. The average molecular weight is 275 g/mol. The van der Waals surface area contributed by atoms with Crippen molar-refractivity contribution in [2.75, 3.05) is 5.32 Å². The van der Waals surface area contributed by atoms with Gasteiger partial charge in [-0.25, -0.2) is 4.39 Å². The van der Waals surface area contributed by atoms with Crippen LogP contribution in [0.2, 0.25) is 0 Å². The molecular weight excluding hydrogens is 261 g/mol. The van der Waals surface area contributed by atoms with E-state index in [0.29, 0.717) is 5.56 Å². The van der Waals surface area contributed by atoms with Crippen LogP contribution in [0.15, 0.2) is 28.7 Å². The number of benzene rings is 1. The number of halogens is 1. The summed E-state index contributed by atoms with van der Waals surface area (Å²) in [6, 6.07) is 5.92. The van der Waals surface area contributed by atoms with E-state index < -0.39 is 0 Å². The van der Waals surface area contributed by atoms with E-state index in [1.54, 1.807) is 12.1 Å². The Balaban J connectivity index is 1.72. The Labute approximate surface area is 115 Å². The molecule has 0 saturated heterocycles. The summed E-state index contributed by atoms with van der Waals surface area (Å²) in [7, 11) is 0. The summed E-state index contributed by atoms with van der Waals surface area (Å²) in [5.41, 5.74) is 0.485. The number of carbonyl (C=O) groups excluding carboxylic acids is 1. The number of aromatic nitrogens is 2. The van der Waals surface area contributed by atoms with Crippen LogP contribution in [0.25, 0.3) is 11.5 Å². The zero-order chi connectivity index (χ0) is 13.9. The van der Waals surface area contributed by atoms with Gasteiger partial charge in [-0.2, -0.15) is 0 Å². The van der Waals surface area contributed by atoms with Crippen molar-refractivity contribution in [1.82, 2.24) is 10.2 Å². The summed E-state index contributed by atoms with van der Waals surface area (Å²) >= 11 is 0. The molecule has 1 aromatic carbocycles. The third-order valence-electron chi connectivity index (χ3n) is 3.45. The molecule has 2 aromatic rings. The van der Waals surface area contributed by atoms with Gasteiger partial charge in [0.2, 0.25) is 11.8 Å². The first-order valence-corrected chi connectivity index (χ1v) is 6.63. The second-order valence-corrected chi connectivity index (χ2v) is 4.89. The van der Waals surface area contributed by atoms with Crippen LogP contribution in [0.3, 0.4) is 0 Å². The molecule has 0 atom stereocenters. The van der Waals surface area contributed by atoms with Crippen molar-refractivity contribution in [2.45, 2.75) is 25.7 Å². The molecule has 6 heteroatoms.